The molecule has 3 nitrogen and oxygen atoms in total. The van der Waals surface area contributed by atoms with Crippen LogP contribution in [-0.4, -0.2) is 11.9 Å². The minimum Gasteiger partial charge on any atom is -0.451 e. The van der Waals surface area contributed by atoms with Gasteiger partial charge in [-0.2, -0.15) is 0 Å². The molecule has 0 aliphatic heterocycles. The Bertz CT molecular complexity index is 671. The second kappa shape index (κ2) is 5.55. The Labute approximate surface area is 125 Å². The topological polar surface area (TPSA) is 42.2 Å². The third kappa shape index (κ3) is 2.82. The number of hydrogen-bond acceptors (Lipinski definition) is 2. The van der Waals surface area contributed by atoms with Gasteiger partial charge in [-0.05, 0) is 62.3 Å². The number of rotatable bonds is 3. The first-order chi connectivity index (χ1) is 10.1. The second-order valence-electron chi connectivity index (χ2n) is 6.36. The lowest BCUT2D eigenvalue weighted by Crippen LogP contribution is -2.32. The van der Waals surface area contributed by atoms with Crippen LogP contribution < -0.4 is 5.32 Å². The molecule has 0 bridgehead atoms. The molecule has 2 unspecified atom stereocenters. The number of fused-ring (bicyclic) bond motifs is 1. The molecule has 1 fully saturated rings. The van der Waals surface area contributed by atoms with E-state index in [-0.39, 0.29) is 5.91 Å². The number of hydrogen-bond donors (Lipinski definition) is 1. The summed E-state index contributed by atoms with van der Waals surface area (Å²) in [6.07, 6.45) is 4.61. The summed E-state index contributed by atoms with van der Waals surface area (Å²) in [5.41, 5.74) is 3.11. The Balaban J connectivity index is 1.77. The van der Waals surface area contributed by atoms with Crippen LogP contribution in [0, 0.1) is 19.8 Å². The summed E-state index contributed by atoms with van der Waals surface area (Å²) in [5, 5.41) is 4.15. The number of aryl methyl sites for hydroxylation is 2. The molecular formula is C18H23NO2. The lowest BCUT2D eigenvalue weighted by molar-refractivity contribution is 0.0911. The zero-order valence-electron chi connectivity index (χ0n) is 13.0. The van der Waals surface area contributed by atoms with Gasteiger partial charge in [-0.15, -0.1) is 0 Å². The molecule has 1 aliphatic carbocycles. The van der Waals surface area contributed by atoms with Gasteiger partial charge in [-0.25, -0.2) is 0 Å². The predicted molar refractivity (Wildman–Crippen MR) is 84.6 cm³/mol. The van der Waals surface area contributed by atoms with E-state index < -0.39 is 0 Å². The highest BCUT2D eigenvalue weighted by Gasteiger charge is 2.26. The molecule has 1 saturated carbocycles. The van der Waals surface area contributed by atoms with Crippen LogP contribution in [0.1, 0.15) is 54.3 Å². The van der Waals surface area contributed by atoms with Crippen molar-refractivity contribution in [2.75, 3.05) is 0 Å². The Hall–Kier alpha value is -1.77. The van der Waals surface area contributed by atoms with Crippen LogP contribution in [0.4, 0.5) is 0 Å². The van der Waals surface area contributed by atoms with Crippen LogP contribution >= 0.6 is 0 Å². The molecular weight excluding hydrogens is 262 g/mol. The third-order valence-corrected chi connectivity index (χ3v) is 4.67. The third-order valence-electron chi connectivity index (χ3n) is 4.67. The van der Waals surface area contributed by atoms with Gasteiger partial charge in [-0.3, -0.25) is 4.79 Å². The Morgan fingerprint density at radius 1 is 1.29 bits per heavy atom. The van der Waals surface area contributed by atoms with E-state index in [1.165, 1.54) is 12.8 Å². The van der Waals surface area contributed by atoms with Crippen molar-refractivity contribution in [3.63, 3.8) is 0 Å². The number of carbonyl (C=O) groups is 1. The Morgan fingerprint density at radius 3 is 2.81 bits per heavy atom. The van der Waals surface area contributed by atoms with Crippen molar-refractivity contribution >= 4 is 16.9 Å². The predicted octanol–water partition coefficient (Wildman–Crippen LogP) is 4.36. The van der Waals surface area contributed by atoms with Gasteiger partial charge in [0.25, 0.3) is 5.91 Å². The summed E-state index contributed by atoms with van der Waals surface area (Å²) >= 11 is 0. The summed E-state index contributed by atoms with van der Waals surface area (Å²) in [6.45, 7) is 6.31. The highest BCUT2D eigenvalue weighted by Crippen LogP contribution is 2.29. The summed E-state index contributed by atoms with van der Waals surface area (Å²) < 4.78 is 5.74. The van der Waals surface area contributed by atoms with Gasteiger partial charge >= 0.3 is 0 Å². The van der Waals surface area contributed by atoms with E-state index in [4.69, 9.17) is 4.42 Å². The fraction of sp³-hybridized carbons (Fsp3) is 0.500. The summed E-state index contributed by atoms with van der Waals surface area (Å²) in [4.78, 5) is 12.4. The number of carbonyl (C=O) groups excluding carboxylic acids is 1. The molecule has 1 aromatic carbocycles. The SMILES string of the molecule is CCC1CCC(NC(=O)c2cc3c(C)cc(C)cc3o2)C1. The molecule has 0 spiro atoms. The average Bonchev–Trinajstić information content (AvgIpc) is 3.04. The fourth-order valence-corrected chi connectivity index (χ4v) is 3.43. The first-order valence-electron chi connectivity index (χ1n) is 7.88. The molecule has 1 aliphatic rings. The number of benzene rings is 1. The molecule has 1 N–H and O–H groups in total. The van der Waals surface area contributed by atoms with Crippen molar-refractivity contribution in [3.8, 4) is 0 Å². The number of furan rings is 1. The normalized spacial score (nSPS) is 21.9. The van der Waals surface area contributed by atoms with Crippen molar-refractivity contribution in [3.05, 3.63) is 35.1 Å². The summed E-state index contributed by atoms with van der Waals surface area (Å²) in [6, 6.07) is 6.27. The van der Waals surface area contributed by atoms with Crippen molar-refractivity contribution in [1.29, 1.82) is 0 Å². The van der Waals surface area contributed by atoms with Crippen LogP contribution in [0.5, 0.6) is 0 Å². The molecule has 1 aromatic heterocycles. The zero-order chi connectivity index (χ0) is 15.0. The molecule has 0 saturated heterocycles. The van der Waals surface area contributed by atoms with Crippen LogP contribution in [0.15, 0.2) is 22.6 Å². The molecule has 112 valence electrons. The van der Waals surface area contributed by atoms with E-state index in [9.17, 15) is 4.79 Å². The van der Waals surface area contributed by atoms with E-state index >= 15 is 0 Å². The van der Waals surface area contributed by atoms with E-state index in [1.807, 2.05) is 19.1 Å². The molecule has 0 radical (unpaired) electrons. The van der Waals surface area contributed by atoms with Crippen molar-refractivity contribution in [2.45, 2.75) is 52.5 Å². The van der Waals surface area contributed by atoms with Gasteiger partial charge in [0.1, 0.15) is 5.58 Å². The van der Waals surface area contributed by atoms with Crippen LogP contribution in [0.3, 0.4) is 0 Å². The highest BCUT2D eigenvalue weighted by molar-refractivity contribution is 5.97. The molecule has 1 heterocycles. The smallest absolute Gasteiger partial charge is 0.287 e. The lowest BCUT2D eigenvalue weighted by Gasteiger charge is -2.11. The first-order valence-corrected chi connectivity index (χ1v) is 7.88. The molecule has 3 rings (SSSR count). The van der Waals surface area contributed by atoms with Crippen molar-refractivity contribution in [1.82, 2.24) is 5.32 Å². The van der Waals surface area contributed by atoms with Gasteiger partial charge < -0.3 is 9.73 Å². The number of amides is 1. The summed E-state index contributed by atoms with van der Waals surface area (Å²) in [5.74, 6) is 1.11. The molecule has 21 heavy (non-hydrogen) atoms. The van der Waals surface area contributed by atoms with Crippen molar-refractivity contribution < 1.29 is 9.21 Å². The van der Waals surface area contributed by atoms with Crippen molar-refractivity contribution in [2.24, 2.45) is 5.92 Å². The van der Waals surface area contributed by atoms with Crippen LogP contribution in [0.25, 0.3) is 11.0 Å². The quantitative estimate of drug-likeness (QED) is 0.910. The highest BCUT2D eigenvalue weighted by atomic mass is 16.3. The van der Waals surface area contributed by atoms with Gasteiger partial charge in [0.05, 0.1) is 0 Å². The van der Waals surface area contributed by atoms with E-state index in [0.717, 1.165) is 40.9 Å². The maximum Gasteiger partial charge on any atom is 0.287 e. The minimum absolute atomic E-state index is 0.0787. The van der Waals surface area contributed by atoms with Gasteiger partial charge in [0, 0.05) is 11.4 Å². The minimum atomic E-state index is -0.0787. The van der Waals surface area contributed by atoms with E-state index in [1.54, 1.807) is 0 Å². The second-order valence-corrected chi connectivity index (χ2v) is 6.36. The standard InChI is InChI=1S/C18H23NO2/c1-4-13-5-6-14(9-13)19-18(20)17-10-15-12(3)7-11(2)8-16(15)21-17/h7-8,10,13-14H,4-6,9H2,1-3H3,(H,19,20). The monoisotopic (exact) mass is 285 g/mol. The lowest BCUT2D eigenvalue weighted by atomic mass is 10.1. The van der Waals surface area contributed by atoms with Crippen LogP contribution in [0.2, 0.25) is 0 Å². The maximum absolute atomic E-state index is 12.4. The van der Waals surface area contributed by atoms with Gasteiger partial charge in [0.15, 0.2) is 5.76 Å². The summed E-state index contributed by atoms with van der Waals surface area (Å²) in [7, 11) is 0. The van der Waals surface area contributed by atoms with E-state index in [0.29, 0.717) is 11.8 Å². The number of nitrogens with one attached hydrogen (secondary N) is 1. The molecule has 3 heteroatoms. The maximum atomic E-state index is 12.4. The molecule has 2 atom stereocenters. The van der Waals surface area contributed by atoms with E-state index in [2.05, 4.69) is 25.2 Å². The van der Waals surface area contributed by atoms with Gasteiger partial charge in [0.2, 0.25) is 0 Å². The zero-order valence-corrected chi connectivity index (χ0v) is 13.0. The Kier molecular flexibility index (Phi) is 3.75. The Morgan fingerprint density at radius 2 is 2.10 bits per heavy atom. The molecule has 1 amide bonds. The van der Waals surface area contributed by atoms with Gasteiger partial charge in [-0.1, -0.05) is 19.4 Å². The first kappa shape index (κ1) is 14.2. The van der Waals surface area contributed by atoms with Crippen LogP contribution in [-0.2, 0) is 0 Å². The molecule has 2 aromatic rings. The largest absolute Gasteiger partial charge is 0.451 e. The fourth-order valence-electron chi connectivity index (χ4n) is 3.43. The average molecular weight is 285 g/mol.